The first-order chi connectivity index (χ1) is 27.0. The molecule has 0 aromatic carbocycles. The van der Waals surface area contributed by atoms with Crippen LogP contribution in [0.2, 0.25) is 0 Å². The normalized spacial score (nSPS) is 9.68. The van der Waals surface area contributed by atoms with E-state index in [1.807, 2.05) is 97.3 Å². The molecule has 0 bridgehead atoms. The van der Waals surface area contributed by atoms with Crippen LogP contribution in [0.15, 0.2) is 159 Å². The van der Waals surface area contributed by atoms with Crippen LogP contribution in [0.3, 0.4) is 0 Å². The zero-order chi connectivity index (χ0) is 38.9. The Bertz CT molecular complexity index is 1990. The maximum atomic E-state index is 9.92. The molecule has 0 aliphatic rings. The fourth-order valence-electron chi connectivity index (χ4n) is 4.77. The molecule has 7 heterocycles. The molecule has 0 spiro atoms. The van der Waals surface area contributed by atoms with Gasteiger partial charge in [-0.3, -0.25) is 34.4 Å². The van der Waals surface area contributed by atoms with Crippen molar-refractivity contribution in [2.75, 3.05) is 14.2 Å². The van der Waals surface area contributed by atoms with E-state index in [1.165, 1.54) is 38.2 Å². The molecule has 57 heavy (non-hydrogen) atoms. The number of aromatic nitrogens is 7. The van der Waals surface area contributed by atoms with E-state index < -0.39 is 9.17 Å². The van der Waals surface area contributed by atoms with Crippen molar-refractivity contribution in [3.63, 3.8) is 0 Å². The van der Waals surface area contributed by atoms with Gasteiger partial charge in [-0.1, -0.05) is 57.2 Å². The second-order valence-electron chi connectivity index (χ2n) is 11.8. The summed E-state index contributed by atoms with van der Waals surface area (Å²) >= 11 is 0. The van der Waals surface area contributed by atoms with Gasteiger partial charge in [0.25, 0.3) is 0 Å². The Kier molecular flexibility index (Phi) is 22.8. The summed E-state index contributed by atoms with van der Waals surface area (Å²) in [6, 6.07) is 35.6. The summed E-state index contributed by atoms with van der Waals surface area (Å²) in [5.41, 5.74) is 8.97. The minimum Gasteiger partial charge on any atom is -0.499 e. The summed E-state index contributed by atoms with van der Waals surface area (Å²) in [6.07, 6.45) is 21.7. The number of unbranched alkanes of at least 4 members (excludes halogenated alkanes) is 1. The van der Waals surface area contributed by atoms with Gasteiger partial charge in [-0.15, -0.1) is 0 Å². The van der Waals surface area contributed by atoms with Gasteiger partial charge in [0.2, 0.25) is 0 Å². The monoisotopic (exact) mass is 866 g/mol. The van der Waals surface area contributed by atoms with E-state index in [0.29, 0.717) is 0 Å². The molecule has 0 unspecified atom stereocenters. The maximum Gasteiger partial charge on any atom is 0.766 e. The summed E-state index contributed by atoms with van der Waals surface area (Å²) in [6.45, 7) is 5.36. The van der Waals surface area contributed by atoms with Gasteiger partial charge in [-0.25, -0.2) is 4.57 Å². The molecule has 0 N–H and O–H groups in total. The molecule has 0 radical (unpaired) electrons. The Balaban J connectivity index is 0.000000294. The molecule has 294 valence electrons. The largest absolute Gasteiger partial charge is 0.766 e. The van der Waals surface area contributed by atoms with Crippen molar-refractivity contribution in [1.29, 1.82) is 0 Å². The predicted octanol–water partition coefficient (Wildman–Crippen LogP) is 9.33. The van der Waals surface area contributed by atoms with Crippen LogP contribution in [0, 0.1) is 6.92 Å². The Labute approximate surface area is 351 Å². The van der Waals surface area contributed by atoms with Crippen molar-refractivity contribution in [3.8, 4) is 34.2 Å². The van der Waals surface area contributed by atoms with Gasteiger partial charge < -0.3 is 8.85 Å². The summed E-state index contributed by atoms with van der Waals surface area (Å²) in [5, 5.41) is 0. The van der Waals surface area contributed by atoms with Gasteiger partial charge >= 0.3 is 9.17 Å². The number of pyridine rings is 7. The van der Waals surface area contributed by atoms with Gasteiger partial charge in [0.1, 0.15) is 6.54 Å². The number of nitrogens with zero attached hydrogens (tertiary/aromatic N) is 7. The average Bonchev–Trinajstić information content (AvgIpc) is 3.27. The third-order valence-corrected chi connectivity index (χ3v) is 8.30. The molecule has 0 fully saturated rings. The topological polar surface area (TPSA) is 117 Å². The first-order valence-corrected chi connectivity index (χ1v) is 19.0. The average molecular weight is 866 g/mol. The molecule has 12 heteroatoms. The third kappa shape index (κ3) is 17.6. The van der Waals surface area contributed by atoms with Gasteiger partial charge in [0.05, 0.1) is 48.4 Å². The molecule has 7 rings (SSSR count). The van der Waals surface area contributed by atoms with E-state index in [0.717, 1.165) is 46.3 Å². The minimum absolute atomic E-state index is 0. The molecular weight excluding hydrogens is 816 g/mol. The summed E-state index contributed by atoms with van der Waals surface area (Å²) in [4.78, 5) is 25.6. The minimum atomic E-state index is -2.12. The van der Waals surface area contributed by atoms with E-state index in [1.54, 1.807) is 24.8 Å². The van der Waals surface area contributed by atoms with Crippen LogP contribution in [0.4, 0.5) is 0 Å². The molecule has 7 aromatic heterocycles. The van der Waals surface area contributed by atoms with Gasteiger partial charge in [0.15, 0.2) is 12.4 Å². The molecular formula is C45H50N7O3RuSi+. The number of hydrogen-bond donors (Lipinski definition) is 0. The standard InChI is InChI=1S/C22H24N3.2C10H8N2.C2H6O3Si.CH4.Ru/c1-3-4-13-25-14-9-19(10-15-25)5-6-20-8-12-24-22(17-20)21-16-18(2)7-11-23-21;2*1-3-7-11-9(5-1)10-6-2-4-8-12-10;1-4-6(3)5-2;;/h5-12,14-17H,3-4,13H2,1-2H3;2*1-8H;1-2H3;1H4;/q+1;;;;;/b6-5+;;;;;. The van der Waals surface area contributed by atoms with Crippen molar-refractivity contribution < 1.29 is 37.4 Å². The van der Waals surface area contributed by atoms with Crippen LogP contribution in [-0.4, -0.2) is 53.3 Å². The van der Waals surface area contributed by atoms with Gasteiger partial charge in [-0.2, -0.15) is 0 Å². The summed E-state index contributed by atoms with van der Waals surface area (Å²) in [7, 11) is 0.558. The second kappa shape index (κ2) is 27.6. The molecule has 0 aliphatic carbocycles. The van der Waals surface area contributed by atoms with Crippen LogP contribution < -0.4 is 4.57 Å². The Morgan fingerprint density at radius 3 is 1.37 bits per heavy atom. The van der Waals surface area contributed by atoms with Crippen molar-refractivity contribution in [2.45, 2.75) is 40.7 Å². The van der Waals surface area contributed by atoms with Crippen molar-refractivity contribution in [2.24, 2.45) is 0 Å². The van der Waals surface area contributed by atoms with Crippen LogP contribution >= 0.6 is 0 Å². The molecule has 10 nitrogen and oxygen atoms in total. The van der Waals surface area contributed by atoms with Crippen molar-refractivity contribution in [1.82, 2.24) is 29.9 Å². The predicted molar refractivity (Wildman–Crippen MR) is 225 cm³/mol. The fraction of sp³-hybridized carbons (Fsp3) is 0.178. The zero-order valence-electron chi connectivity index (χ0n) is 32.0. The number of hydrogen-bond acceptors (Lipinski definition) is 9. The Morgan fingerprint density at radius 1 is 0.561 bits per heavy atom. The second-order valence-corrected chi connectivity index (χ2v) is 13.1. The molecule has 0 saturated carbocycles. The van der Waals surface area contributed by atoms with Crippen LogP contribution in [0.5, 0.6) is 0 Å². The van der Waals surface area contributed by atoms with Crippen LogP contribution in [0.1, 0.15) is 43.9 Å². The smallest absolute Gasteiger partial charge is 0.499 e. The maximum absolute atomic E-state index is 9.92. The van der Waals surface area contributed by atoms with Gasteiger partial charge in [0, 0.05) is 75.2 Å². The summed E-state index contributed by atoms with van der Waals surface area (Å²) in [5.74, 6) is 0. The quantitative estimate of drug-likeness (QED) is 0.0980. The van der Waals surface area contributed by atoms with Crippen LogP contribution in [-0.2, 0) is 39.3 Å². The first kappa shape index (κ1) is 47.2. The van der Waals surface area contributed by atoms with E-state index in [-0.39, 0.29) is 26.9 Å². The first-order valence-electron chi connectivity index (χ1n) is 17.8. The van der Waals surface area contributed by atoms with Crippen molar-refractivity contribution >= 4 is 21.3 Å². The van der Waals surface area contributed by atoms with E-state index in [2.05, 4.69) is 106 Å². The van der Waals surface area contributed by atoms with E-state index >= 15 is 0 Å². The summed E-state index contributed by atoms with van der Waals surface area (Å²) < 4.78 is 20.6. The molecule has 7 aromatic rings. The molecule has 0 aliphatic heterocycles. The fourth-order valence-corrected chi connectivity index (χ4v) is 4.94. The van der Waals surface area contributed by atoms with E-state index in [9.17, 15) is 4.46 Å². The SMILES string of the molecule is C.CCCC[n+]1ccc(/C=C/c2ccnc(-c3cc(C)ccn3)c2)cc1.CO[Si](=O)OC.[Ru].c1ccc(-c2ccccn2)nc1.c1ccc(-c2ccccn2)nc1. The number of rotatable bonds is 10. The molecule has 0 saturated heterocycles. The molecule has 0 amide bonds. The van der Waals surface area contributed by atoms with Crippen molar-refractivity contribution in [3.05, 3.63) is 175 Å². The Hall–Kier alpha value is -5.97. The number of aryl methyl sites for hydroxylation is 2. The Morgan fingerprint density at radius 2 is 0.982 bits per heavy atom. The van der Waals surface area contributed by atoms with E-state index in [4.69, 9.17) is 0 Å². The van der Waals surface area contributed by atoms with Gasteiger partial charge in [-0.05, 0) is 96.4 Å². The third-order valence-electron chi connectivity index (χ3n) is 7.63. The molecule has 0 atom stereocenters. The zero-order valence-corrected chi connectivity index (χ0v) is 34.7. The van der Waals surface area contributed by atoms with Crippen LogP contribution in [0.25, 0.3) is 46.3 Å².